The minimum Gasteiger partial charge on any atom is -0.355 e. The summed E-state index contributed by atoms with van der Waals surface area (Å²) in [7, 11) is 0. The number of thioether (sulfide) groups is 1. The summed E-state index contributed by atoms with van der Waals surface area (Å²) in [6, 6.07) is 0. The molecule has 1 aliphatic rings. The lowest BCUT2D eigenvalue weighted by Gasteiger charge is -2.09. The SMILES string of the molecule is NCCC(=O)NCC1CCCS1. The summed E-state index contributed by atoms with van der Waals surface area (Å²) >= 11 is 1.96. The highest BCUT2D eigenvalue weighted by atomic mass is 32.2. The van der Waals surface area contributed by atoms with Crippen LogP contribution in [-0.2, 0) is 4.79 Å². The molecule has 4 heteroatoms. The van der Waals surface area contributed by atoms with Crippen LogP contribution in [0.3, 0.4) is 0 Å². The lowest BCUT2D eigenvalue weighted by atomic mass is 10.2. The van der Waals surface area contributed by atoms with E-state index in [1.54, 1.807) is 0 Å². The predicted molar refractivity (Wildman–Crippen MR) is 52.2 cm³/mol. The molecule has 1 atom stereocenters. The zero-order valence-corrected chi connectivity index (χ0v) is 8.03. The first-order valence-electron chi connectivity index (χ1n) is 4.41. The van der Waals surface area contributed by atoms with Gasteiger partial charge in [0.25, 0.3) is 0 Å². The van der Waals surface area contributed by atoms with E-state index < -0.39 is 0 Å². The number of nitrogens with two attached hydrogens (primary N) is 1. The van der Waals surface area contributed by atoms with Crippen LogP contribution in [0.1, 0.15) is 19.3 Å². The monoisotopic (exact) mass is 188 g/mol. The lowest BCUT2D eigenvalue weighted by molar-refractivity contribution is -0.120. The zero-order chi connectivity index (χ0) is 8.81. The van der Waals surface area contributed by atoms with Crippen LogP contribution in [0, 0.1) is 0 Å². The third kappa shape index (κ3) is 3.45. The van der Waals surface area contributed by atoms with Gasteiger partial charge in [-0.15, -0.1) is 0 Å². The van der Waals surface area contributed by atoms with E-state index in [-0.39, 0.29) is 5.91 Å². The molecule has 3 nitrogen and oxygen atoms in total. The molecular weight excluding hydrogens is 172 g/mol. The summed E-state index contributed by atoms with van der Waals surface area (Å²) in [5.74, 6) is 1.34. The van der Waals surface area contributed by atoms with E-state index in [4.69, 9.17) is 5.73 Å². The van der Waals surface area contributed by atoms with Crippen molar-refractivity contribution in [3.8, 4) is 0 Å². The van der Waals surface area contributed by atoms with Crippen molar-refractivity contribution in [2.45, 2.75) is 24.5 Å². The van der Waals surface area contributed by atoms with Crippen LogP contribution in [0.25, 0.3) is 0 Å². The standard InChI is InChI=1S/C8H16N2OS/c9-4-3-8(11)10-6-7-2-1-5-12-7/h7H,1-6,9H2,(H,10,11). The Balaban J connectivity index is 2.03. The van der Waals surface area contributed by atoms with Gasteiger partial charge in [-0.05, 0) is 18.6 Å². The van der Waals surface area contributed by atoms with E-state index in [0.29, 0.717) is 18.2 Å². The van der Waals surface area contributed by atoms with Crippen LogP contribution >= 0.6 is 11.8 Å². The predicted octanol–water partition coefficient (Wildman–Crippen LogP) is 0.347. The maximum absolute atomic E-state index is 11.0. The van der Waals surface area contributed by atoms with Crippen LogP contribution < -0.4 is 11.1 Å². The number of carbonyl (C=O) groups excluding carboxylic acids is 1. The molecule has 12 heavy (non-hydrogen) atoms. The van der Waals surface area contributed by atoms with Gasteiger partial charge in [0.15, 0.2) is 0 Å². The molecule has 0 aliphatic carbocycles. The van der Waals surface area contributed by atoms with Gasteiger partial charge < -0.3 is 11.1 Å². The number of carbonyl (C=O) groups is 1. The summed E-state index contributed by atoms with van der Waals surface area (Å²) in [5, 5.41) is 3.53. The largest absolute Gasteiger partial charge is 0.355 e. The fraction of sp³-hybridized carbons (Fsp3) is 0.875. The van der Waals surface area contributed by atoms with Crippen molar-refractivity contribution in [1.29, 1.82) is 0 Å². The van der Waals surface area contributed by atoms with Crippen molar-refractivity contribution < 1.29 is 4.79 Å². The summed E-state index contributed by atoms with van der Waals surface area (Å²) in [4.78, 5) is 11.0. The molecular formula is C8H16N2OS. The van der Waals surface area contributed by atoms with E-state index in [2.05, 4.69) is 5.32 Å². The van der Waals surface area contributed by atoms with Crippen LogP contribution in [0.15, 0.2) is 0 Å². The van der Waals surface area contributed by atoms with Crippen molar-refractivity contribution in [2.75, 3.05) is 18.8 Å². The first kappa shape index (κ1) is 9.86. The molecule has 0 aromatic heterocycles. The minimum atomic E-state index is 0.0880. The molecule has 1 unspecified atom stereocenters. The Bertz CT molecular complexity index is 146. The smallest absolute Gasteiger partial charge is 0.221 e. The second-order valence-corrected chi connectivity index (χ2v) is 4.39. The Kier molecular flexibility index (Phi) is 4.46. The number of hydrogen-bond donors (Lipinski definition) is 2. The average molecular weight is 188 g/mol. The van der Waals surface area contributed by atoms with Gasteiger partial charge >= 0.3 is 0 Å². The first-order valence-corrected chi connectivity index (χ1v) is 5.46. The van der Waals surface area contributed by atoms with Crippen molar-refractivity contribution in [3.63, 3.8) is 0 Å². The van der Waals surface area contributed by atoms with Gasteiger partial charge in [-0.2, -0.15) is 11.8 Å². The Hall–Kier alpha value is -0.220. The van der Waals surface area contributed by atoms with Gasteiger partial charge in [0.1, 0.15) is 0 Å². The van der Waals surface area contributed by atoms with Crippen LogP contribution in [0.5, 0.6) is 0 Å². The first-order chi connectivity index (χ1) is 5.83. The van der Waals surface area contributed by atoms with Gasteiger partial charge in [0.2, 0.25) is 5.91 Å². The highest BCUT2D eigenvalue weighted by Gasteiger charge is 2.15. The third-order valence-electron chi connectivity index (χ3n) is 1.92. The minimum absolute atomic E-state index is 0.0880. The van der Waals surface area contributed by atoms with Crippen LogP contribution in [0.4, 0.5) is 0 Å². The fourth-order valence-corrected chi connectivity index (χ4v) is 2.45. The maximum atomic E-state index is 11.0. The highest BCUT2D eigenvalue weighted by molar-refractivity contribution is 8.00. The molecule has 1 fully saturated rings. The van der Waals surface area contributed by atoms with E-state index in [1.807, 2.05) is 11.8 Å². The summed E-state index contributed by atoms with van der Waals surface area (Å²) in [5.41, 5.74) is 5.25. The molecule has 70 valence electrons. The quantitative estimate of drug-likeness (QED) is 0.669. The van der Waals surface area contributed by atoms with E-state index in [1.165, 1.54) is 18.6 Å². The number of rotatable bonds is 4. The van der Waals surface area contributed by atoms with E-state index >= 15 is 0 Å². The molecule has 1 rings (SSSR count). The average Bonchev–Trinajstić information content (AvgIpc) is 2.53. The molecule has 0 radical (unpaired) electrons. The van der Waals surface area contributed by atoms with Crippen molar-refractivity contribution in [2.24, 2.45) is 5.73 Å². The Morgan fingerprint density at radius 1 is 1.67 bits per heavy atom. The third-order valence-corrected chi connectivity index (χ3v) is 3.32. The lowest BCUT2D eigenvalue weighted by Crippen LogP contribution is -2.30. The second kappa shape index (κ2) is 5.43. The van der Waals surface area contributed by atoms with Crippen molar-refractivity contribution >= 4 is 17.7 Å². The summed E-state index contributed by atoms with van der Waals surface area (Å²) in [6.07, 6.45) is 2.99. The molecule has 3 N–H and O–H groups in total. The van der Waals surface area contributed by atoms with Crippen LogP contribution in [-0.4, -0.2) is 30.0 Å². The molecule has 1 aliphatic heterocycles. The summed E-state index contributed by atoms with van der Waals surface area (Å²) in [6.45, 7) is 1.27. The molecule has 0 aromatic rings. The Morgan fingerprint density at radius 3 is 3.08 bits per heavy atom. The zero-order valence-electron chi connectivity index (χ0n) is 7.21. The molecule has 0 aromatic carbocycles. The van der Waals surface area contributed by atoms with E-state index in [0.717, 1.165) is 6.54 Å². The van der Waals surface area contributed by atoms with Gasteiger partial charge in [-0.25, -0.2) is 0 Å². The normalized spacial score (nSPS) is 22.6. The topological polar surface area (TPSA) is 55.1 Å². The van der Waals surface area contributed by atoms with Crippen molar-refractivity contribution in [3.05, 3.63) is 0 Å². The van der Waals surface area contributed by atoms with Gasteiger partial charge in [-0.3, -0.25) is 4.79 Å². The molecule has 0 spiro atoms. The summed E-state index contributed by atoms with van der Waals surface area (Å²) < 4.78 is 0. The second-order valence-electron chi connectivity index (χ2n) is 2.98. The molecule has 1 amide bonds. The molecule has 0 saturated carbocycles. The number of amides is 1. The van der Waals surface area contributed by atoms with Gasteiger partial charge in [0, 0.05) is 24.8 Å². The number of hydrogen-bond acceptors (Lipinski definition) is 3. The number of nitrogens with one attached hydrogen (secondary N) is 1. The highest BCUT2D eigenvalue weighted by Crippen LogP contribution is 2.25. The fourth-order valence-electron chi connectivity index (χ4n) is 1.25. The Morgan fingerprint density at radius 2 is 2.50 bits per heavy atom. The van der Waals surface area contributed by atoms with Crippen LogP contribution in [0.2, 0.25) is 0 Å². The Labute approximate surface area is 77.5 Å². The van der Waals surface area contributed by atoms with Crippen molar-refractivity contribution in [1.82, 2.24) is 5.32 Å². The van der Waals surface area contributed by atoms with Gasteiger partial charge in [0.05, 0.1) is 0 Å². The maximum Gasteiger partial charge on any atom is 0.221 e. The van der Waals surface area contributed by atoms with Gasteiger partial charge in [-0.1, -0.05) is 0 Å². The molecule has 1 saturated heterocycles. The van der Waals surface area contributed by atoms with E-state index in [9.17, 15) is 4.79 Å². The molecule has 0 bridgehead atoms. The molecule has 1 heterocycles.